The first-order valence-electron chi connectivity index (χ1n) is 12.7. The molecule has 0 unspecified atom stereocenters. The van der Waals surface area contributed by atoms with Crippen LogP contribution >= 0.6 is 11.3 Å². The lowest BCUT2D eigenvalue weighted by Gasteiger charge is -2.23. The molecule has 1 amide bonds. The van der Waals surface area contributed by atoms with Crippen LogP contribution in [0, 0.1) is 12.7 Å². The third kappa shape index (κ3) is 5.58. The molecule has 0 aliphatic heterocycles. The summed E-state index contributed by atoms with van der Waals surface area (Å²) in [5, 5.41) is 14.6. The molecule has 0 aliphatic rings. The van der Waals surface area contributed by atoms with Gasteiger partial charge in [-0.2, -0.15) is 5.10 Å². The van der Waals surface area contributed by atoms with Crippen LogP contribution in [0.15, 0.2) is 46.2 Å². The normalized spacial score (nSPS) is 12.3. The molecule has 0 bridgehead atoms. The number of ether oxygens (including phenoxy) is 2. The van der Waals surface area contributed by atoms with E-state index in [1.807, 2.05) is 13.8 Å². The number of carbonyl (C=O) groups excluding carboxylic acids is 1. The van der Waals surface area contributed by atoms with Gasteiger partial charge in [-0.1, -0.05) is 11.3 Å². The number of methoxy groups -OCH3 is 1. The maximum atomic E-state index is 14.3. The minimum Gasteiger partial charge on any atom is -0.496 e. The Labute approximate surface area is 233 Å². The number of aryl methyl sites for hydroxylation is 1. The van der Waals surface area contributed by atoms with Crippen molar-refractivity contribution >= 4 is 27.5 Å². The third-order valence-corrected chi connectivity index (χ3v) is 8.04. The molecule has 11 nitrogen and oxygen atoms in total. The second-order valence-electron chi connectivity index (χ2n) is 9.52. The fraction of sp³-hybridized carbons (Fsp3) is 0.407. The largest absolute Gasteiger partial charge is 0.496 e. The Morgan fingerprint density at radius 1 is 1.25 bits per heavy atom. The van der Waals surface area contributed by atoms with Crippen LogP contribution in [-0.2, 0) is 22.6 Å². The van der Waals surface area contributed by atoms with Crippen molar-refractivity contribution in [3.05, 3.63) is 74.4 Å². The topological polar surface area (TPSA) is 121 Å². The van der Waals surface area contributed by atoms with Crippen LogP contribution in [0.4, 0.5) is 4.39 Å². The zero-order valence-corrected chi connectivity index (χ0v) is 23.8. The maximum Gasteiger partial charge on any atom is 0.332 e. The maximum absolute atomic E-state index is 14.3. The number of carbonyl (C=O) groups is 1. The molecular weight excluding hydrogens is 541 g/mol. The Hall–Kier alpha value is -3.81. The molecule has 13 heteroatoms. The van der Waals surface area contributed by atoms with Crippen molar-refractivity contribution in [1.29, 1.82) is 0 Å². The number of fused-ring (bicyclic) bond motifs is 1. The van der Waals surface area contributed by atoms with Gasteiger partial charge in [0.25, 0.3) is 5.56 Å². The highest BCUT2D eigenvalue weighted by molar-refractivity contribution is 7.21. The Bertz CT molecular complexity index is 1630. The smallest absolute Gasteiger partial charge is 0.332 e. The molecule has 0 saturated carbocycles. The lowest BCUT2D eigenvalue weighted by molar-refractivity contribution is -0.132. The number of aliphatic hydroxyl groups excluding tert-OH is 1. The van der Waals surface area contributed by atoms with E-state index in [0.29, 0.717) is 26.7 Å². The Morgan fingerprint density at radius 3 is 2.62 bits per heavy atom. The number of rotatable bonds is 11. The molecule has 3 heterocycles. The van der Waals surface area contributed by atoms with Crippen molar-refractivity contribution in [2.24, 2.45) is 0 Å². The first-order valence-corrected chi connectivity index (χ1v) is 13.5. The molecule has 3 aromatic heterocycles. The number of hydrogen-bond acceptors (Lipinski definition) is 8. The fourth-order valence-corrected chi connectivity index (χ4v) is 5.63. The van der Waals surface area contributed by atoms with Gasteiger partial charge in [0, 0.05) is 36.6 Å². The van der Waals surface area contributed by atoms with Crippen LogP contribution in [0.2, 0.25) is 0 Å². The molecule has 0 aliphatic carbocycles. The molecule has 1 aromatic carbocycles. The first kappa shape index (κ1) is 29.2. The highest BCUT2D eigenvalue weighted by atomic mass is 32.1. The van der Waals surface area contributed by atoms with E-state index in [2.05, 4.69) is 5.10 Å². The summed E-state index contributed by atoms with van der Waals surface area (Å²) in [6, 6.07) is 5.54. The quantitative estimate of drug-likeness (QED) is 0.293. The van der Waals surface area contributed by atoms with E-state index < -0.39 is 35.6 Å². The van der Waals surface area contributed by atoms with Gasteiger partial charge >= 0.3 is 5.69 Å². The van der Waals surface area contributed by atoms with Crippen molar-refractivity contribution in [3.63, 3.8) is 0 Å². The van der Waals surface area contributed by atoms with Crippen molar-refractivity contribution < 1.29 is 23.8 Å². The molecule has 0 fully saturated rings. The van der Waals surface area contributed by atoms with Crippen LogP contribution in [0.25, 0.3) is 15.2 Å². The lowest BCUT2D eigenvalue weighted by Crippen LogP contribution is -2.45. The summed E-state index contributed by atoms with van der Waals surface area (Å²) < 4.78 is 29.5. The first-order chi connectivity index (χ1) is 19.1. The van der Waals surface area contributed by atoms with E-state index in [1.54, 1.807) is 37.1 Å². The zero-order valence-electron chi connectivity index (χ0n) is 23.0. The standard InChI is InChI=1S/C27H32FN5O6S/c1-16(2)30(4)22(35)15-31-24(36)23-17(3)25(33-10-6-9-29-33)40-26(23)32(27(31)37)14-21(39-12-11-34)19-13-18(28)7-8-20(19)38-5/h6-10,13,16,21,34H,11-12,14-15H2,1-5H3/t21-/m0/s1. The van der Waals surface area contributed by atoms with E-state index >= 15 is 0 Å². The lowest BCUT2D eigenvalue weighted by atomic mass is 10.1. The van der Waals surface area contributed by atoms with Gasteiger partial charge in [0.1, 0.15) is 34.0 Å². The van der Waals surface area contributed by atoms with E-state index in [0.717, 1.165) is 4.57 Å². The zero-order chi connectivity index (χ0) is 29.1. The summed E-state index contributed by atoms with van der Waals surface area (Å²) in [5.74, 6) is -0.610. The van der Waals surface area contributed by atoms with Crippen LogP contribution in [0.3, 0.4) is 0 Å². The van der Waals surface area contributed by atoms with Gasteiger partial charge < -0.3 is 19.5 Å². The third-order valence-electron chi connectivity index (χ3n) is 6.74. The Kier molecular flexibility index (Phi) is 8.86. The van der Waals surface area contributed by atoms with Gasteiger partial charge in [0.15, 0.2) is 0 Å². The van der Waals surface area contributed by atoms with E-state index in [9.17, 15) is 23.9 Å². The van der Waals surface area contributed by atoms with E-state index in [1.165, 1.54) is 46.1 Å². The molecular formula is C27H32FN5O6S. The number of halogens is 1. The predicted molar refractivity (Wildman–Crippen MR) is 149 cm³/mol. The number of thiophene rings is 1. The summed E-state index contributed by atoms with van der Waals surface area (Å²) in [7, 11) is 3.04. The second-order valence-corrected chi connectivity index (χ2v) is 10.5. The summed E-state index contributed by atoms with van der Waals surface area (Å²) in [5.41, 5.74) is -0.392. The van der Waals surface area contributed by atoms with Crippen molar-refractivity contribution in [1.82, 2.24) is 23.8 Å². The van der Waals surface area contributed by atoms with Gasteiger partial charge in [-0.05, 0) is 45.0 Å². The summed E-state index contributed by atoms with van der Waals surface area (Å²) in [6.45, 7) is 4.40. The van der Waals surface area contributed by atoms with Crippen molar-refractivity contribution in [2.75, 3.05) is 27.4 Å². The summed E-state index contributed by atoms with van der Waals surface area (Å²) >= 11 is 1.19. The minimum atomic E-state index is -0.936. The highest BCUT2D eigenvalue weighted by Crippen LogP contribution is 2.34. The molecule has 1 atom stereocenters. The molecule has 0 spiro atoms. The molecule has 1 N–H and O–H groups in total. The Balaban J connectivity index is 1.96. The van der Waals surface area contributed by atoms with Crippen LogP contribution in [0.1, 0.15) is 31.1 Å². The fourth-order valence-electron chi connectivity index (χ4n) is 4.38. The van der Waals surface area contributed by atoms with E-state index in [-0.39, 0.29) is 31.2 Å². The van der Waals surface area contributed by atoms with Gasteiger partial charge in [-0.25, -0.2) is 13.9 Å². The monoisotopic (exact) mass is 573 g/mol. The molecule has 4 rings (SSSR count). The average Bonchev–Trinajstić information content (AvgIpc) is 3.58. The number of aliphatic hydroxyl groups is 1. The number of aromatic nitrogens is 4. The van der Waals surface area contributed by atoms with Gasteiger partial charge in [-0.3, -0.25) is 18.7 Å². The molecule has 214 valence electrons. The second kappa shape index (κ2) is 12.1. The van der Waals surface area contributed by atoms with Crippen molar-refractivity contribution in [3.8, 4) is 10.8 Å². The SMILES string of the molecule is COc1ccc(F)cc1[C@H](Cn1c(=O)n(CC(=O)N(C)C(C)C)c(=O)c2c(C)c(-n3cccn3)sc21)OCCO. The van der Waals surface area contributed by atoms with Crippen molar-refractivity contribution in [2.45, 2.75) is 46.0 Å². The number of hydrogen-bond donors (Lipinski definition) is 1. The molecule has 4 aromatic rings. The van der Waals surface area contributed by atoms with Gasteiger partial charge in [0.05, 0.1) is 32.3 Å². The highest BCUT2D eigenvalue weighted by Gasteiger charge is 2.27. The number of likely N-dealkylation sites (N-methyl/N-ethyl adjacent to an activating group) is 1. The van der Waals surface area contributed by atoms with Crippen LogP contribution < -0.4 is 16.0 Å². The van der Waals surface area contributed by atoms with E-state index in [4.69, 9.17) is 9.47 Å². The minimum absolute atomic E-state index is 0.0957. The number of amides is 1. The number of benzene rings is 1. The van der Waals surface area contributed by atoms with Crippen LogP contribution in [-0.4, -0.2) is 68.2 Å². The molecule has 0 saturated heterocycles. The van der Waals surface area contributed by atoms with Gasteiger partial charge in [-0.15, -0.1) is 0 Å². The predicted octanol–water partition coefficient (Wildman–Crippen LogP) is 2.48. The van der Waals surface area contributed by atoms with Gasteiger partial charge in [0.2, 0.25) is 5.91 Å². The average molecular weight is 574 g/mol. The number of nitrogens with zero attached hydrogens (tertiary/aromatic N) is 5. The molecule has 40 heavy (non-hydrogen) atoms. The van der Waals surface area contributed by atoms with Crippen LogP contribution in [0.5, 0.6) is 5.75 Å². The summed E-state index contributed by atoms with van der Waals surface area (Å²) in [6.07, 6.45) is 2.39. The summed E-state index contributed by atoms with van der Waals surface area (Å²) in [4.78, 5) is 42.5. The Morgan fingerprint density at radius 2 is 2.00 bits per heavy atom. The molecule has 0 radical (unpaired) electrons.